The molecule has 0 saturated heterocycles. The van der Waals surface area contributed by atoms with E-state index in [1.54, 1.807) is 11.3 Å². The Balaban J connectivity index is 2.28. The summed E-state index contributed by atoms with van der Waals surface area (Å²) in [7, 11) is 0. The quantitative estimate of drug-likeness (QED) is 0.781. The number of hydrogen-bond donors (Lipinski definition) is 1. The van der Waals surface area contributed by atoms with Crippen LogP contribution >= 0.6 is 27.3 Å². The second-order valence-corrected chi connectivity index (χ2v) is 6.12. The summed E-state index contributed by atoms with van der Waals surface area (Å²) in [5.74, 6) is 1.46. The van der Waals surface area contributed by atoms with Crippen molar-refractivity contribution in [2.75, 3.05) is 11.9 Å². The minimum Gasteiger partial charge on any atom is -0.354 e. The summed E-state index contributed by atoms with van der Waals surface area (Å²) in [6.45, 7) is 6.82. The van der Waals surface area contributed by atoms with Gasteiger partial charge >= 0.3 is 0 Å². The molecule has 3 rings (SSSR count). The van der Waals surface area contributed by atoms with Gasteiger partial charge in [-0.2, -0.15) is 10.1 Å². The summed E-state index contributed by atoms with van der Waals surface area (Å²) in [6, 6.07) is 2.04. The Hall–Kier alpha value is -1.47. The number of rotatable bonds is 3. The predicted octanol–water partition coefficient (Wildman–Crippen LogP) is 3.69. The number of halogens is 1. The van der Waals surface area contributed by atoms with Gasteiger partial charge in [-0.05, 0) is 48.1 Å². The van der Waals surface area contributed by atoms with Gasteiger partial charge in [0.05, 0.1) is 21.2 Å². The van der Waals surface area contributed by atoms with Crippen molar-refractivity contribution < 1.29 is 0 Å². The highest BCUT2D eigenvalue weighted by molar-refractivity contribution is 9.10. The van der Waals surface area contributed by atoms with E-state index in [9.17, 15) is 0 Å². The van der Waals surface area contributed by atoms with Crippen LogP contribution in [0.2, 0.25) is 0 Å². The summed E-state index contributed by atoms with van der Waals surface area (Å²) in [5.41, 5.74) is 1.99. The monoisotopic (exact) mass is 351 g/mol. The lowest BCUT2D eigenvalue weighted by Gasteiger charge is -2.08. The minimum absolute atomic E-state index is 0.640. The Bertz CT molecular complexity index is 777. The zero-order chi connectivity index (χ0) is 14.3. The normalized spacial score (nSPS) is 11.2. The number of aryl methyl sites for hydroxylation is 1. The molecule has 1 N–H and O–H groups in total. The van der Waals surface area contributed by atoms with Gasteiger partial charge < -0.3 is 5.32 Å². The van der Waals surface area contributed by atoms with Gasteiger partial charge in [0.2, 0.25) is 5.95 Å². The molecule has 0 atom stereocenters. The third-order valence-corrected chi connectivity index (χ3v) is 5.00. The zero-order valence-corrected chi connectivity index (χ0v) is 13.8. The van der Waals surface area contributed by atoms with Crippen LogP contribution in [0.1, 0.15) is 18.3 Å². The molecule has 0 amide bonds. The maximum Gasteiger partial charge on any atom is 0.226 e. The van der Waals surface area contributed by atoms with Gasteiger partial charge in [-0.3, -0.25) is 0 Å². The Labute approximate surface area is 129 Å². The van der Waals surface area contributed by atoms with E-state index in [0.717, 1.165) is 38.4 Å². The molecule has 3 aromatic rings. The standard InChI is InChI=1S/C13H14BrN5S/c1-4-15-13-16-11(9-5-6-20-12(9)17-13)19-8(3)10(14)7(2)18-19/h5-6H,4H2,1-3H3,(H,15,16,17). The van der Waals surface area contributed by atoms with Crippen LogP contribution in [0.4, 0.5) is 5.95 Å². The van der Waals surface area contributed by atoms with E-state index in [0.29, 0.717) is 5.95 Å². The molecule has 20 heavy (non-hydrogen) atoms. The van der Waals surface area contributed by atoms with E-state index in [4.69, 9.17) is 0 Å². The van der Waals surface area contributed by atoms with Crippen molar-refractivity contribution in [1.82, 2.24) is 19.7 Å². The summed E-state index contributed by atoms with van der Waals surface area (Å²) in [4.78, 5) is 10.1. The molecule has 0 aliphatic heterocycles. The van der Waals surface area contributed by atoms with Crippen molar-refractivity contribution in [1.29, 1.82) is 0 Å². The highest BCUT2D eigenvalue weighted by Gasteiger charge is 2.16. The summed E-state index contributed by atoms with van der Waals surface area (Å²) >= 11 is 5.17. The number of nitrogens with one attached hydrogen (secondary N) is 1. The lowest BCUT2D eigenvalue weighted by Crippen LogP contribution is -2.08. The fourth-order valence-electron chi connectivity index (χ4n) is 2.07. The number of anilines is 1. The Morgan fingerprint density at radius 2 is 2.15 bits per heavy atom. The smallest absolute Gasteiger partial charge is 0.226 e. The number of hydrogen-bond acceptors (Lipinski definition) is 5. The number of thiophene rings is 1. The van der Waals surface area contributed by atoms with Crippen LogP contribution in [0.15, 0.2) is 15.9 Å². The molecular weight excluding hydrogens is 338 g/mol. The largest absolute Gasteiger partial charge is 0.354 e. The van der Waals surface area contributed by atoms with Crippen molar-refractivity contribution in [3.63, 3.8) is 0 Å². The summed E-state index contributed by atoms with van der Waals surface area (Å²) < 4.78 is 2.89. The highest BCUT2D eigenvalue weighted by atomic mass is 79.9. The molecule has 3 aromatic heterocycles. The lowest BCUT2D eigenvalue weighted by atomic mass is 10.3. The van der Waals surface area contributed by atoms with Crippen LogP contribution < -0.4 is 5.32 Å². The first-order chi connectivity index (χ1) is 9.61. The Morgan fingerprint density at radius 1 is 1.35 bits per heavy atom. The van der Waals surface area contributed by atoms with Crippen LogP contribution in [0.3, 0.4) is 0 Å². The molecule has 0 aromatic carbocycles. The van der Waals surface area contributed by atoms with E-state index in [1.807, 2.05) is 36.9 Å². The molecule has 0 fully saturated rings. The van der Waals surface area contributed by atoms with Crippen LogP contribution in [-0.2, 0) is 0 Å². The maximum absolute atomic E-state index is 4.61. The molecule has 0 radical (unpaired) electrons. The molecule has 0 aliphatic carbocycles. The summed E-state index contributed by atoms with van der Waals surface area (Å²) in [6.07, 6.45) is 0. The van der Waals surface area contributed by atoms with Crippen molar-refractivity contribution in [2.45, 2.75) is 20.8 Å². The van der Waals surface area contributed by atoms with E-state index >= 15 is 0 Å². The molecule has 104 valence electrons. The summed E-state index contributed by atoms with van der Waals surface area (Å²) in [5, 5.41) is 10.8. The fraction of sp³-hybridized carbons (Fsp3) is 0.308. The molecule has 0 unspecified atom stereocenters. The second kappa shape index (κ2) is 5.14. The van der Waals surface area contributed by atoms with Gasteiger partial charge in [-0.25, -0.2) is 9.67 Å². The Morgan fingerprint density at radius 3 is 2.80 bits per heavy atom. The van der Waals surface area contributed by atoms with E-state index in [1.165, 1.54) is 0 Å². The molecule has 7 heteroatoms. The molecule has 0 spiro atoms. The second-order valence-electron chi connectivity index (χ2n) is 4.44. The van der Waals surface area contributed by atoms with Crippen molar-refractivity contribution in [3.05, 3.63) is 27.3 Å². The van der Waals surface area contributed by atoms with Crippen LogP contribution in [0.25, 0.3) is 16.0 Å². The van der Waals surface area contributed by atoms with Crippen molar-refractivity contribution in [2.24, 2.45) is 0 Å². The predicted molar refractivity (Wildman–Crippen MR) is 85.9 cm³/mol. The SMILES string of the molecule is CCNc1nc(-n2nc(C)c(Br)c2C)c2ccsc2n1. The Kier molecular flexibility index (Phi) is 3.47. The van der Waals surface area contributed by atoms with E-state index in [-0.39, 0.29) is 0 Å². The van der Waals surface area contributed by atoms with Gasteiger partial charge in [0.25, 0.3) is 0 Å². The first-order valence-corrected chi connectivity index (χ1v) is 8.00. The molecular formula is C13H14BrN5S. The average molecular weight is 352 g/mol. The van der Waals surface area contributed by atoms with Gasteiger partial charge in [0.15, 0.2) is 5.82 Å². The molecule has 5 nitrogen and oxygen atoms in total. The topological polar surface area (TPSA) is 55.6 Å². The van der Waals surface area contributed by atoms with Gasteiger partial charge in [-0.15, -0.1) is 11.3 Å². The third kappa shape index (κ3) is 2.10. The number of nitrogens with zero attached hydrogens (tertiary/aromatic N) is 4. The lowest BCUT2D eigenvalue weighted by molar-refractivity contribution is 0.810. The van der Waals surface area contributed by atoms with Gasteiger partial charge in [0, 0.05) is 6.54 Å². The van der Waals surface area contributed by atoms with E-state index in [2.05, 4.69) is 36.3 Å². The van der Waals surface area contributed by atoms with Crippen molar-refractivity contribution in [3.8, 4) is 5.82 Å². The first-order valence-electron chi connectivity index (χ1n) is 6.33. The van der Waals surface area contributed by atoms with Crippen LogP contribution in [0, 0.1) is 13.8 Å². The molecule has 0 aliphatic rings. The van der Waals surface area contributed by atoms with Crippen LogP contribution in [0.5, 0.6) is 0 Å². The maximum atomic E-state index is 4.61. The van der Waals surface area contributed by atoms with Gasteiger partial charge in [-0.1, -0.05) is 0 Å². The molecule has 0 bridgehead atoms. The molecule has 3 heterocycles. The third-order valence-electron chi connectivity index (χ3n) is 3.04. The van der Waals surface area contributed by atoms with E-state index < -0.39 is 0 Å². The average Bonchev–Trinajstić information content (AvgIpc) is 2.99. The number of fused-ring (bicyclic) bond motifs is 1. The van der Waals surface area contributed by atoms with Gasteiger partial charge in [0.1, 0.15) is 4.83 Å². The fourth-order valence-corrected chi connectivity index (χ4v) is 3.07. The highest BCUT2D eigenvalue weighted by Crippen LogP contribution is 2.29. The number of aromatic nitrogens is 4. The zero-order valence-electron chi connectivity index (χ0n) is 11.4. The molecule has 0 saturated carbocycles. The van der Waals surface area contributed by atoms with Crippen LogP contribution in [-0.4, -0.2) is 26.3 Å². The first kappa shape index (κ1) is 13.5. The minimum atomic E-state index is 0.640. The van der Waals surface area contributed by atoms with Crippen molar-refractivity contribution >= 4 is 43.4 Å².